The van der Waals surface area contributed by atoms with E-state index in [0.29, 0.717) is 30.3 Å². The van der Waals surface area contributed by atoms with E-state index in [4.69, 9.17) is 0 Å². The Bertz CT molecular complexity index is 568. The van der Waals surface area contributed by atoms with Crippen LogP contribution in [0.2, 0.25) is 0 Å². The number of nitrogens with one attached hydrogen (secondary N) is 2. The lowest BCUT2D eigenvalue weighted by atomic mass is 10.1. The molecule has 1 aliphatic heterocycles. The van der Waals surface area contributed by atoms with Crippen LogP contribution in [0.25, 0.3) is 0 Å². The van der Waals surface area contributed by atoms with Crippen molar-refractivity contribution in [1.29, 1.82) is 0 Å². The van der Waals surface area contributed by atoms with E-state index in [1.807, 2.05) is 0 Å². The first-order valence-corrected chi connectivity index (χ1v) is 7.47. The minimum Gasteiger partial charge on any atom is -0.326 e. The third-order valence-corrected chi connectivity index (χ3v) is 4.04. The number of rotatable bonds is 5. The Morgan fingerprint density at radius 2 is 2.26 bits per heavy atom. The summed E-state index contributed by atoms with van der Waals surface area (Å²) in [5.74, 6) is -0.116. The van der Waals surface area contributed by atoms with Crippen molar-refractivity contribution in [1.82, 2.24) is 10.2 Å². The molecule has 7 nitrogen and oxygen atoms in total. The van der Waals surface area contributed by atoms with Crippen LogP contribution in [0.4, 0.5) is 11.4 Å². The van der Waals surface area contributed by atoms with Crippen LogP contribution in [-0.2, 0) is 4.79 Å². The Labute approximate surface area is 142 Å². The SMILES string of the molecule is Cc1c(NC(=O)CCN2CCNC[C@H]2C)cccc1[N+](=O)[O-].Cl. The fourth-order valence-electron chi connectivity index (χ4n) is 2.63. The van der Waals surface area contributed by atoms with Gasteiger partial charge >= 0.3 is 0 Å². The predicted molar refractivity (Wildman–Crippen MR) is 92.2 cm³/mol. The summed E-state index contributed by atoms with van der Waals surface area (Å²) in [6.45, 7) is 7.29. The third-order valence-electron chi connectivity index (χ3n) is 4.04. The van der Waals surface area contributed by atoms with Gasteiger partial charge in [-0.3, -0.25) is 19.8 Å². The number of benzene rings is 1. The predicted octanol–water partition coefficient (Wildman–Crippen LogP) is 1.95. The van der Waals surface area contributed by atoms with E-state index >= 15 is 0 Å². The van der Waals surface area contributed by atoms with Crippen molar-refractivity contribution in [3.8, 4) is 0 Å². The highest BCUT2D eigenvalue weighted by Gasteiger charge is 2.19. The largest absolute Gasteiger partial charge is 0.326 e. The number of nitro benzene ring substituents is 1. The van der Waals surface area contributed by atoms with E-state index in [1.54, 1.807) is 19.1 Å². The lowest BCUT2D eigenvalue weighted by Gasteiger charge is -2.33. The standard InChI is InChI=1S/C15H22N4O3.ClH/c1-11-10-16-7-9-18(11)8-6-15(20)17-13-4-3-5-14(12(13)2)19(21)22;/h3-5,11,16H,6-10H2,1-2H3,(H,17,20);1H/t11-;/m1./s1. The van der Waals surface area contributed by atoms with Crippen molar-refractivity contribution in [3.05, 3.63) is 33.9 Å². The fraction of sp³-hybridized carbons (Fsp3) is 0.533. The number of carbonyl (C=O) groups is 1. The molecule has 1 atom stereocenters. The van der Waals surface area contributed by atoms with Gasteiger partial charge in [0.25, 0.3) is 5.69 Å². The van der Waals surface area contributed by atoms with E-state index in [1.165, 1.54) is 6.07 Å². The van der Waals surface area contributed by atoms with Gasteiger partial charge < -0.3 is 10.6 Å². The Hall–Kier alpha value is -1.70. The molecular formula is C15H23ClN4O3. The summed E-state index contributed by atoms with van der Waals surface area (Å²) in [5.41, 5.74) is 1.01. The summed E-state index contributed by atoms with van der Waals surface area (Å²) in [4.78, 5) is 24.8. The summed E-state index contributed by atoms with van der Waals surface area (Å²) >= 11 is 0. The molecule has 0 radical (unpaired) electrons. The van der Waals surface area contributed by atoms with Gasteiger partial charge in [-0.2, -0.15) is 0 Å². The van der Waals surface area contributed by atoms with Crippen LogP contribution in [0.3, 0.4) is 0 Å². The number of halogens is 1. The molecule has 128 valence electrons. The average Bonchev–Trinajstić information content (AvgIpc) is 2.48. The monoisotopic (exact) mass is 342 g/mol. The van der Waals surface area contributed by atoms with E-state index in [2.05, 4.69) is 22.5 Å². The van der Waals surface area contributed by atoms with Crippen molar-refractivity contribution in [2.45, 2.75) is 26.3 Å². The molecule has 1 fully saturated rings. The molecule has 0 aliphatic carbocycles. The second-order valence-electron chi connectivity index (χ2n) is 5.59. The summed E-state index contributed by atoms with van der Waals surface area (Å²) < 4.78 is 0. The van der Waals surface area contributed by atoms with Gasteiger partial charge in [0.2, 0.25) is 5.91 Å². The number of amides is 1. The maximum absolute atomic E-state index is 12.1. The molecule has 23 heavy (non-hydrogen) atoms. The number of piperazine rings is 1. The van der Waals surface area contributed by atoms with Crippen molar-refractivity contribution >= 4 is 29.7 Å². The molecule has 8 heteroatoms. The molecule has 1 aliphatic rings. The zero-order valence-electron chi connectivity index (χ0n) is 13.4. The molecule has 2 N–H and O–H groups in total. The smallest absolute Gasteiger partial charge is 0.274 e. The maximum Gasteiger partial charge on any atom is 0.274 e. The van der Waals surface area contributed by atoms with Gasteiger partial charge in [0.15, 0.2) is 0 Å². The zero-order chi connectivity index (χ0) is 16.1. The lowest BCUT2D eigenvalue weighted by molar-refractivity contribution is -0.385. The van der Waals surface area contributed by atoms with Crippen molar-refractivity contribution in [2.24, 2.45) is 0 Å². The van der Waals surface area contributed by atoms with Gasteiger partial charge in [-0.1, -0.05) is 6.07 Å². The van der Waals surface area contributed by atoms with E-state index in [-0.39, 0.29) is 24.0 Å². The molecule has 0 bridgehead atoms. The van der Waals surface area contributed by atoms with Gasteiger partial charge in [0.05, 0.1) is 16.2 Å². The quantitative estimate of drug-likeness (QED) is 0.630. The third kappa shape index (κ3) is 5.16. The Kier molecular flexibility index (Phi) is 7.41. The molecule has 0 aromatic heterocycles. The maximum atomic E-state index is 12.1. The topological polar surface area (TPSA) is 87.5 Å². The molecule has 1 heterocycles. The number of nitro groups is 1. The minimum atomic E-state index is -0.437. The van der Waals surface area contributed by atoms with Gasteiger partial charge in [-0.25, -0.2) is 0 Å². The normalized spacial score (nSPS) is 18.1. The first-order valence-electron chi connectivity index (χ1n) is 7.47. The first-order chi connectivity index (χ1) is 10.5. The average molecular weight is 343 g/mol. The minimum absolute atomic E-state index is 0. The number of carbonyl (C=O) groups excluding carboxylic acids is 1. The van der Waals surface area contributed by atoms with Crippen LogP contribution in [0.1, 0.15) is 18.9 Å². The van der Waals surface area contributed by atoms with Crippen LogP contribution in [0, 0.1) is 17.0 Å². The summed E-state index contributed by atoms with van der Waals surface area (Å²) in [7, 11) is 0. The van der Waals surface area contributed by atoms with Crippen molar-refractivity contribution in [3.63, 3.8) is 0 Å². The second-order valence-corrected chi connectivity index (χ2v) is 5.59. The highest BCUT2D eigenvalue weighted by atomic mass is 35.5. The van der Waals surface area contributed by atoms with Gasteiger partial charge in [-0.05, 0) is 19.9 Å². The molecule has 1 amide bonds. The first kappa shape index (κ1) is 19.3. The van der Waals surface area contributed by atoms with Crippen LogP contribution in [0.15, 0.2) is 18.2 Å². The number of nitrogens with zero attached hydrogens (tertiary/aromatic N) is 2. The molecule has 1 saturated heterocycles. The molecule has 0 saturated carbocycles. The van der Waals surface area contributed by atoms with Crippen LogP contribution in [-0.4, -0.2) is 48.0 Å². The summed E-state index contributed by atoms with van der Waals surface area (Å²) in [6, 6.07) is 5.13. The molecule has 0 spiro atoms. The molecule has 1 aromatic carbocycles. The van der Waals surface area contributed by atoms with Gasteiger partial charge in [0.1, 0.15) is 0 Å². The number of hydrogen-bond donors (Lipinski definition) is 2. The van der Waals surface area contributed by atoms with E-state index in [0.717, 1.165) is 19.6 Å². The highest BCUT2D eigenvalue weighted by molar-refractivity contribution is 5.92. The molecular weight excluding hydrogens is 320 g/mol. The second kappa shape index (κ2) is 8.81. The van der Waals surface area contributed by atoms with Gasteiger partial charge in [0, 0.05) is 44.7 Å². The van der Waals surface area contributed by atoms with Crippen LogP contribution in [0.5, 0.6) is 0 Å². The van der Waals surface area contributed by atoms with Crippen LogP contribution >= 0.6 is 12.4 Å². The fourth-order valence-corrected chi connectivity index (χ4v) is 2.63. The summed E-state index contributed by atoms with van der Waals surface area (Å²) in [5, 5.41) is 17.0. The van der Waals surface area contributed by atoms with Crippen molar-refractivity contribution in [2.75, 3.05) is 31.5 Å². The molecule has 2 rings (SSSR count). The lowest BCUT2D eigenvalue weighted by Crippen LogP contribution is -2.50. The van der Waals surface area contributed by atoms with Crippen molar-refractivity contribution < 1.29 is 9.72 Å². The van der Waals surface area contributed by atoms with E-state index in [9.17, 15) is 14.9 Å². The summed E-state index contributed by atoms with van der Waals surface area (Å²) in [6.07, 6.45) is 0.381. The zero-order valence-corrected chi connectivity index (χ0v) is 14.2. The number of hydrogen-bond acceptors (Lipinski definition) is 5. The Balaban J connectivity index is 0.00000264. The molecule has 0 unspecified atom stereocenters. The van der Waals surface area contributed by atoms with Crippen LogP contribution < -0.4 is 10.6 Å². The molecule has 1 aromatic rings. The Morgan fingerprint density at radius 3 is 2.91 bits per heavy atom. The Morgan fingerprint density at radius 1 is 1.52 bits per heavy atom. The van der Waals surface area contributed by atoms with E-state index < -0.39 is 4.92 Å². The van der Waals surface area contributed by atoms with Gasteiger partial charge in [-0.15, -0.1) is 12.4 Å². The number of anilines is 1. The highest BCUT2D eigenvalue weighted by Crippen LogP contribution is 2.25.